The van der Waals surface area contributed by atoms with Gasteiger partial charge in [0.05, 0.1) is 18.6 Å². The van der Waals surface area contributed by atoms with Gasteiger partial charge in [-0.15, -0.1) is 0 Å². The van der Waals surface area contributed by atoms with Gasteiger partial charge in [0.25, 0.3) is 0 Å². The largest absolute Gasteiger partial charge is 0.490 e. The highest BCUT2D eigenvalue weighted by Crippen LogP contribution is 2.33. The lowest BCUT2D eigenvalue weighted by molar-refractivity contribution is -0.153. The molecule has 4 atom stereocenters. The molecule has 0 bridgehead atoms. The van der Waals surface area contributed by atoms with Crippen molar-refractivity contribution in [3.63, 3.8) is 0 Å². The van der Waals surface area contributed by atoms with E-state index in [9.17, 15) is 23.1 Å². The number of ether oxygens (including phenoxy) is 3. The molecule has 0 aliphatic carbocycles. The second kappa shape index (κ2) is 14.4. The van der Waals surface area contributed by atoms with Crippen molar-refractivity contribution in [3.05, 3.63) is 23.8 Å². The molecule has 0 aromatic heterocycles. The number of carboxylic acid groups (broad SMARTS) is 1. The molecule has 4 N–H and O–H groups in total. The van der Waals surface area contributed by atoms with Gasteiger partial charge in [-0.3, -0.25) is 4.79 Å². The van der Waals surface area contributed by atoms with Gasteiger partial charge in [-0.25, -0.2) is 0 Å². The SMILES string of the molecule is COCCCOc1cc(C[C@@H](C[C@H](N)[C@@H](O)C[C@@H](C)C(=O)O)C(C)C)ccc1OCC(F)(F)F. The van der Waals surface area contributed by atoms with Crippen LogP contribution >= 0.6 is 0 Å². The first-order valence-electron chi connectivity index (χ1n) is 11.4. The third kappa shape index (κ3) is 11.4. The average molecular weight is 494 g/mol. The number of aliphatic hydroxyl groups is 1. The summed E-state index contributed by atoms with van der Waals surface area (Å²) in [6.07, 6.45) is -3.78. The molecule has 0 unspecified atom stereocenters. The molecular formula is C24H38F3NO6. The molecule has 0 fully saturated rings. The fourth-order valence-corrected chi connectivity index (χ4v) is 3.49. The van der Waals surface area contributed by atoms with Crippen LogP contribution in [0.4, 0.5) is 13.2 Å². The van der Waals surface area contributed by atoms with Crippen LogP contribution in [0.15, 0.2) is 18.2 Å². The van der Waals surface area contributed by atoms with Crippen LogP contribution in [-0.4, -0.2) is 61.4 Å². The molecule has 0 radical (unpaired) electrons. The summed E-state index contributed by atoms with van der Waals surface area (Å²) in [4.78, 5) is 11.1. The maximum Gasteiger partial charge on any atom is 0.422 e. The molecule has 34 heavy (non-hydrogen) atoms. The zero-order valence-corrected chi connectivity index (χ0v) is 20.3. The number of halogens is 3. The maximum atomic E-state index is 12.6. The molecule has 0 saturated carbocycles. The summed E-state index contributed by atoms with van der Waals surface area (Å²) in [7, 11) is 1.55. The molecule has 7 nitrogen and oxygen atoms in total. The van der Waals surface area contributed by atoms with E-state index >= 15 is 0 Å². The molecule has 1 aromatic carbocycles. The van der Waals surface area contributed by atoms with Gasteiger partial charge in [-0.2, -0.15) is 13.2 Å². The Bertz CT molecular complexity index is 744. The first-order valence-corrected chi connectivity index (χ1v) is 11.4. The van der Waals surface area contributed by atoms with E-state index in [1.54, 1.807) is 19.2 Å². The van der Waals surface area contributed by atoms with Crippen molar-refractivity contribution in [3.8, 4) is 11.5 Å². The van der Waals surface area contributed by atoms with Crippen LogP contribution in [-0.2, 0) is 16.0 Å². The number of rotatable bonds is 16. The monoisotopic (exact) mass is 493 g/mol. The first-order chi connectivity index (χ1) is 15.8. The Labute approximate surface area is 199 Å². The van der Waals surface area contributed by atoms with Crippen molar-refractivity contribution in [2.45, 2.75) is 64.8 Å². The number of carboxylic acids is 1. The Morgan fingerprint density at radius 3 is 2.32 bits per heavy atom. The van der Waals surface area contributed by atoms with Gasteiger partial charge in [-0.05, 0) is 48.8 Å². The van der Waals surface area contributed by atoms with Crippen LogP contribution in [0.25, 0.3) is 0 Å². The van der Waals surface area contributed by atoms with Crippen molar-refractivity contribution in [2.24, 2.45) is 23.5 Å². The van der Waals surface area contributed by atoms with Gasteiger partial charge in [0.15, 0.2) is 18.1 Å². The van der Waals surface area contributed by atoms with Crippen LogP contribution in [0.2, 0.25) is 0 Å². The van der Waals surface area contributed by atoms with Crippen molar-refractivity contribution in [1.29, 1.82) is 0 Å². The molecule has 0 heterocycles. The van der Waals surface area contributed by atoms with Crippen LogP contribution in [0.1, 0.15) is 45.6 Å². The second-order valence-electron chi connectivity index (χ2n) is 9.03. The number of methoxy groups -OCH3 is 1. The number of carbonyl (C=O) groups is 1. The van der Waals surface area contributed by atoms with Gasteiger partial charge >= 0.3 is 12.1 Å². The molecule has 196 valence electrons. The number of hydrogen-bond acceptors (Lipinski definition) is 6. The molecule has 10 heteroatoms. The van der Waals surface area contributed by atoms with E-state index in [1.807, 2.05) is 13.8 Å². The van der Waals surface area contributed by atoms with Crippen LogP contribution in [0.3, 0.4) is 0 Å². The van der Waals surface area contributed by atoms with Gasteiger partial charge in [0.2, 0.25) is 0 Å². The number of alkyl halides is 3. The number of benzene rings is 1. The van der Waals surface area contributed by atoms with Gasteiger partial charge < -0.3 is 30.2 Å². The van der Waals surface area contributed by atoms with Crippen molar-refractivity contribution >= 4 is 5.97 Å². The van der Waals surface area contributed by atoms with E-state index in [0.717, 1.165) is 5.56 Å². The zero-order chi connectivity index (χ0) is 25.9. The summed E-state index contributed by atoms with van der Waals surface area (Å²) >= 11 is 0. The molecule has 0 aliphatic rings. The quantitative estimate of drug-likeness (QED) is 0.298. The summed E-state index contributed by atoms with van der Waals surface area (Å²) in [5, 5.41) is 19.4. The normalized spacial score (nSPS) is 15.6. The summed E-state index contributed by atoms with van der Waals surface area (Å²) < 4.78 is 53.5. The number of aliphatic carboxylic acids is 1. The van der Waals surface area contributed by atoms with E-state index in [0.29, 0.717) is 25.9 Å². The predicted octanol–water partition coefficient (Wildman–Crippen LogP) is 4.05. The van der Waals surface area contributed by atoms with E-state index < -0.39 is 36.8 Å². The highest BCUT2D eigenvalue weighted by Gasteiger charge is 2.29. The van der Waals surface area contributed by atoms with Crippen molar-refractivity contribution < 1.29 is 42.4 Å². The lowest BCUT2D eigenvalue weighted by atomic mass is 9.82. The fraction of sp³-hybridized carbons (Fsp3) is 0.708. The minimum absolute atomic E-state index is 0.00868. The Balaban J connectivity index is 2.94. The number of aliphatic hydroxyl groups excluding tert-OH is 1. The first kappa shape index (κ1) is 30.0. The van der Waals surface area contributed by atoms with Gasteiger partial charge in [0.1, 0.15) is 0 Å². The van der Waals surface area contributed by atoms with E-state index in [4.69, 9.17) is 25.1 Å². The minimum atomic E-state index is -4.47. The summed E-state index contributed by atoms with van der Waals surface area (Å²) in [5.74, 6) is -1.22. The molecule has 1 aromatic rings. The van der Waals surface area contributed by atoms with E-state index in [-0.39, 0.29) is 36.4 Å². The van der Waals surface area contributed by atoms with Gasteiger partial charge in [-0.1, -0.05) is 26.8 Å². The molecule has 0 amide bonds. The van der Waals surface area contributed by atoms with E-state index in [2.05, 4.69) is 0 Å². The Morgan fingerprint density at radius 2 is 1.76 bits per heavy atom. The molecule has 1 rings (SSSR count). The minimum Gasteiger partial charge on any atom is -0.490 e. The van der Waals surface area contributed by atoms with Gasteiger partial charge in [0, 0.05) is 26.2 Å². The summed E-state index contributed by atoms with van der Waals surface area (Å²) in [6.45, 7) is 4.85. The highest BCUT2D eigenvalue weighted by molar-refractivity contribution is 5.69. The standard InChI is InChI=1S/C24H38F3NO6/c1-15(2)18(13-19(28)20(29)10-16(3)23(30)31)11-17-6-7-21(34-14-24(25,26)27)22(12-17)33-9-5-8-32-4/h6-7,12,15-16,18-20,29H,5,8-11,13-14,28H2,1-4H3,(H,30,31)/t16-,18+,19+,20+/m1/s1. The zero-order valence-electron chi connectivity index (χ0n) is 20.3. The van der Waals surface area contributed by atoms with E-state index in [1.165, 1.54) is 13.0 Å². The van der Waals surface area contributed by atoms with Crippen LogP contribution in [0.5, 0.6) is 11.5 Å². The molecule has 0 aliphatic heterocycles. The highest BCUT2D eigenvalue weighted by atomic mass is 19.4. The Morgan fingerprint density at radius 1 is 1.09 bits per heavy atom. The van der Waals surface area contributed by atoms with Crippen molar-refractivity contribution in [2.75, 3.05) is 26.9 Å². The molecule has 0 spiro atoms. The second-order valence-corrected chi connectivity index (χ2v) is 9.03. The average Bonchev–Trinajstić information content (AvgIpc) is 2.74. The number of nitrogens with two attached hydrogens (primary N) is 1. The third-order valence-corrected chi connectivity index (χ3v) is 5.68. The Kier molecular flexibility index (Phi) is 12.7. The summed E-state index contributed by atoms with van der Waals surface area (Å²) in [5.41, 5.74) is 7.01. The van der Waals surface area contributed by atoms with Crippen molar-refractivity contribution in [1.82, 2.24) is 0 Å². The summed E-state index contributed by atoms with van der Waals surface area (Å²) in [6, 6.07) is 4.22. The topological polar surface area (TPSA) is 111 Å². The third-order valence-electron chi connectivity index (χ3n) is 5.68. The maximum absolute atomic E-state index is 12.6. The number of hydrogen-bond donors (Lipinski definition) is 3. The fourth-order valence-electron chi connectivity index (χ4n) is 3.49. The lowest BCUT2D eigenvalue weighted by Crippen LogP contribution is -2.39. The predicted molar refractivity (Wildman–Crippen MR) is 122 cm³/mol. The molecule has 0 saturated heterocycles. The molecular weight excluding hydrogens is 455 g/mol. The lowest BCUT2D eigenvalue weighted by Gasteiger charge is -2.28. The van der Waals surface area contributed by atoms with Crippen LogP contribution < -0.4 is 15.2 Å². The Hall–Kier alpha value is -2.04. The smallest absolute Gasteiger partial charge is 0.422 e. The van der Waals surface area contributed by atoms with Crippen LogP contribution in [0, 0.1) is 17.8 Å².